The number of benzene rings is 1. The molecule has 0 radical (unpaired) electrons. The van der Waals surface area contributed by atoms with Crippen LogP contribution in [0.2, 0.25) is 0 Å². The summed E-state index contributed by atoms with van der Waals surface area (Å²) in [6, 6.07) is 8.44. The van der Waals surface area contributed by atoms with Gasteiger partial charge in [0.1, 0.15) is 5.82 Å². The first-order chi connectivity index (χ1) is 13.9. The van der Waals surface area contributed by atoms with E-state index in [1.807, 2.05) is 0 Å². The molecule has 1 aliphatic heterocycles. The highest BCUT2D eigenvalue weighted by atomic mass is 19.1. The molecule has 2 aliphatic rings. The minimum atomic E-state index is -1.14. The molecular formula is C23H24FN3O2. The maximum absolute atomic E-state index is 13.9. The fourth-order valence-electron chi connectivity index (χ4n) is 3.95. The van der Waals surface area contributed by atoms with Crippen LogP contribution in [0.5, 0.6) is 5.88 Å². The second kappa shape index (κ2) is 7.57. The third kappa shape index (κ3) is 3.75. The number of piperidine rings is 1. The molecule has 1 N–H and O–H groups in total. The predicted octanol–water partition coefficient (Wildman–Crippen LogP) is 4.05. The van der Waals surface area contributed by atoms with E-state index < -0.39 is 5.60 Å². The van der Waals surface area contributed by atoms with E-state index in [4.69, 9.17) is 4.74 Å². The van der Waals surface area contributed by atoms with Crippen LogP contribution in [0.1, 0.15) is 65.6 Å². The highest BCUT2D eigenvalue weighted by molar-refractivity contribution is 6.04. The van der Waals surface area contributed by atoms with Gasteiger partial charge in [-0.25, -0.2) is 9.37 Å². The molecule has 2 fully saturated rings. The highest BCUT2D eigenvalue weighted by Crippen LogP contribution is 2.43. The zero-order valence-corrected chi connectivity index (χ0v) is 16.7. The molecule has 2 heterocycles. The number of rotatable bonds is 5. The molecule has 0 amide bonds. The van der Waals surface area contributed by atoms with Crippen molar-refractivity contribution in [3.05, 3.63) is 58.5 Å². The first-order valence-corrected chi connectivity index (χ1v) is 10.1. The van der Waals surface area contributed by atoms with Gasteiger partial charge in [0.25, 0.3) is 0 Å². The van der Waals surface area contributed by atoms with Crippen molar-refractivity contribution in [3.63, 3.8) is 0 Å². The smallest absolute Gasteiger partial charge is 0.218 e. The van der Waals surface area contributed by atoms with E-state index in [9.17, 15) is 14.4 Å². The summed E-state index contributed by atoms with van der Waals surface area (Å²) in [4.78, 5) is 18.1. The Kier molecular flexibility index (Phi) is 5.10. The minimum Gasteiger partial charge on any atom is -0.461 e. The first kappa shape index (κ1) is 19.5. The molecule has 5 nitrogen and oxygen atoms in total. The number of ether oxygens (including phenoxy) is 1. The Morgan fingerprint density at radius 3 is 2.79 bits per heavy atom. The van der Waals surface area contributed by atoms with Crippen molar-refractivity contribution < 1.29 is 13.9 Å². The summed E-state index contributed by atoms with van der Waals surface area (Å²) in [6.07, 6.45) is 4.75. The van der Waals surface area contributed by atoms with E-state index >= 15 is 0 Å². The second-order valence-electron chi connectivity index (χ2n) is 8.15. The Hall–Kier alpha value is -2.78. The molecule has 29 heavy (non-hydrogen) atoms. The molecule has 0 unspecified atom stereocenters. The minimum absolute atomic E-state index is 0.151. The normalized spacial score (nSPS) is 24.0. The van der Waals surface area contributed by atoms with Gasteiger partial charge in [0.15, 0.2) is 5.60 Å². The number of nitrogens with one attached hydrogen (secondary N) is 1. The first-order valence-electron chi connectivity index (χ1n) is 10.1. The molecule has 1 aromatic heterocycles. The fraction of sp³-hybridized carbons (Fsp3) is 0.435. The Morgan fingerprint density at radius 2 is 2.14 bits per heavy atom. The van der Waals surface area contributed by atoms with Crippen LogP contribution < -0.4 is 10.1 Å². The number of carbonyl (C=O) groups is 1. The van der Waals surface area contributed by atoms with Gasteiger partial charge in [-0.3, -0.25) is 4.79 Å². The van der Waals surface area contributed by atoms with Crippen LogP contribution in [0.15, 0.2) is 30.5 Å². The largest absolute Gasteiger partial charge is 0.461 e. The molecule has 6 heteroatoms. The van der Waals surface area contributed by atoms with E-state index in [2.05, 4.69) is 23.3 Å². The number of nitrogens with zero attached hydrogens (tertiary/aromatic N) is 2. The van der Waals surface area contributed by atoms with Gasteiger partial charge in [0, 0.05) is 29.9 Å². The summed E-state index contributed by atoms with van der Waals surface area (Å²) in [5.74, 6) is 0.0539. The van der Waals surface area contributed by atoms with Crippen LogP contribution >= 0.6 is 0 Å². The number of carbonyl (C=O) groups excluding carboxylic acids is 1. The second-order valence-corrected chi connectivity index (χ2v) is 8.15. The molecule has 1 saturated heterocycles. The van der Waals surface area contributed by atoms with Crippen LogP contribution in [0, 0.1) is 24.1 Å². The lowest BCUT2D eigenvalue weighted by molar-refractivity contribution is 0.0260. The molecule has 1 aliphatic carbocycles. The topological polar surface area (TPSA) is 75.0 Å². The van der Waals surface area contributed by atoms with Crippen LogP contribution in [-0.2, 0) is 0 Å². The quantitative estimate of drug-likeness (QED) is 0.776. The van der Waals surface area contributed by atoms with Crippen LogP contribution in [0.3, 0.4) is 0 Å². The molecule has 2 aromatic rings. The van der Waals surface area contributed by atoms with E-state index in [1.54, 1.807) is 19.1 Å². The third-order valence-corrected chi connectivity index (χ3v) is 5.98. The van der Waals surface area contributed by atoms with Gasteiger partial charge in [-0.05, 0) is 75.3 Å². The molecular weight excluding hydrogens is 369 g/mol. The predicted molar refractivity (Wildman–Crippen MR) is 106 cm³/mol. The van der Waals surface area contributed by atoms with Gasteiger partial charge in [0.2, 0.25) is 11.7 Å². The monoisotopic (exact) mass is 393 g/mol. The van der Waals surface area contributed by atoms with E-state index in [0.717, 1.165) is 24.8 Å². The number of nitriles is 1. The van der Waals surface area contributed by atoms with Gasteiger partial charge in [-0.2, -0.15) is 5.26 Å². The average molecular weight is 393 g/mol. The number of hydrogen-bond acceptors (Lipinski definition) is 5. The maximum atomic E-state index is 13.9. The van der Waals surface area contributed by atoms with Crippen molar-refractivity contribution in [2.24, 2.45) is 0 Å². The number of halogens is 1. The van der Waals surface area contributed by atoms with Crippen molar-refractivity contribution in [1.82, 2.24) is 10.3 Å². The van der Waals surface area contributed by atoms with E-state index in [0.29, 0.717) is 35.5 Å². The molecule has 0 bridgehead atoms. The van der Waals surface area contributed by atoms with Gasteiger partial charge in [0.05, 0.1) is 11.6 Å². The average Bonchev–Trinajstić information content (AvgIpc) is 3.56. The molecule has 1 saturated carbocycles. The number of ketones is 1. The van der Waals surface area contributed by atoms with Gasteiger partial charge in [-0.15, -0.1) is 0 Å². The number of aromatic nitrogens is 1. The molecule has 1 aromatic carbocycles. The van der Waals surface area contributed by atoms with Crippen molar-refractivity contribution in [1.29, 1.82) is 5.26 Å². The molecule has 0 spiro atoms. The van der Waals surface area contributed by atoms with Crippen molar-refractivity contribution in [2.45, 2.75) is 57.1 Å². The van der Waals surface area contributed by atoms with E-state index in [-0.39, 0.29) is 23.6 Å². The van der Waals surface area contributed by atoms with Crippen molar-refractivity contribution >= 4 is 5.78 Å². The van der Waals surface area contributed by atoms with Gasteiger partial charge in [-0.1, -0.05) is 0 Å². The standard InChI is InChI=1S/C23H24FN3O2/c1-14-7-9-23(13-27-14,29-22-15(2)17(12-25)8-10-26-22)21(28)19-6-5-18(24)11-20(19)16-3-4-16/h5-6,8,10-11,14,16,27H,3-4,7,9,13H2,1-2H3/t14-,23-/m1/s1. The summed E-state index contributed by atoms with van der Waals surface area (Å²) >= 11 is 0. The fourth-order valence-corrected chi connectivity index (χ4v) is 3.95. The van der Waals surface area contributed by atoms with Crippen LogP contribution in [0.25, 0.3) is 0 Å². The molecule has 2 atom stereocenters. The lowest BCUT2D eigenvalue weighted by Gasteiger charge is -2.39. The van der Waals surface area contributed by atoms with Crippen LogP contribution in [0.4, 0.5) is 4.39 Å². The summed E-state index contributed by atoms with van der Waals surface area (Å²) in [6.45, 7) is 4.18. The Morgan fingerprint density at radius 1 is 1.34 bits per heavy atom. The number of hydrogen-bond donors (Lipinski definition) is 1. The lowest BCUT2D eigenvalue weighted by Crippen LogP contribution is -2.58. The zero-order valence-electron chi connectivity index (χ0n) is 16.7. The highest BCUT2D eigenvalue weighted by Gasteiger charge is 2.46. The Bertz CT molecular complexity index is 986. The Balaban J connectivity index is 1.75. The summed E-state index contributed by atoms with van der Waals surface area (Å²) in [7, 11) is 0. The maximum Gasteiger partial charge on any atom is 0.218 e. The third-order valence-electron chi connectivity index (χ3n) is 5.98. The summed E-state index contributed by atoms with van der Waals surface area (Å²) in [5.41, 5.74) is 1.24. The number of pyridine rings is 1. The number of Topliss-reactive ketones (excluding diaryl/α,β-unsaturated/α-hetero) is 1. The van der Waals surface area contributed by atoms with Crippen LogP contribution in [-0.4, -0.2) is 29.0 Å². The van der Waals surface area contributed by atoms with Gasteiger partial charge < -0.3 is 10.1 Å². The van der Waals surface area contributed by atoms with Crippen molar-refractivity contribution in [2.75, 3.05) is 6.54 Å². The lowest BCUT2D eigenvalue weighted by atomic mass is 9.82. The molecule has 150 valence electrons. The zero-order chi connectivity index (χ0) is 20.6. The summed E-state index contributed by atoms with van der Waals surface area (Å²) < 4.78 is 20.2. The van der Waals surface area contributed by atoms with Gasteiger partial charge >= 0.3 is 0 Å². The SMILES string of the molecule is Cc1c(C#N)ccnc1O[C@]1(C(=O)c2ccc(F)cc2C2CC2)CC[C@@H](C)NC1. The Labute approximate surface area is 169 Å². The van der Waals surface area contributed by atoms with Crippen molar-refractivity contribution in [3.8, 4) is 11.9 Å². The van der Waals surface area contributed by atoms with E-state index in [1.165, 1.54) is 18.3 Å². The summed E-state index contributed by atoms with van der Waals surface area (Å²) in [5, 5.41) is 12.7. The molecule has 4 rings (SSSR count).